The number of amides is 5. The fraction of sp³-hybridized carbons (Fsp3) is 0.812. The van der Waals surface area contributed by atoms with E-state index in [1.54, 1.807) is 44.3 Å². The summed E-state index contributed by atoms with van der Waals surface area (Å²) < 4.78 is 5.01. The number of aliphatic hydroxyl groups is 1. The van der Waals surface area contributed by atoms with Crippen molar-refractivity contribution >= 4 is 59.0 Å². The number of carbonyl (C=O) groups excluding carboxylic acids is 6. The summed E-state index contributed by atoms with van der Waals surface area (Å²) in [5, 5.41) is 19.8. The van der Waals surface area contributed by atoms with E-state index < -0.39 is 81.3 Å². The minimum atomic E-state index is -1.17. The molecule has 15 heteroatoms. The number of ether oxygens (including phenoxy) is 1. The molecule has 2 aliphatic rings. The minimum absolute atomic E-state index is 0.0382. The fourth-order valence-electron chi connectivity index (χ4n) is 5.28. The van der Waals surface area contributed by atoms with Crippen LogP contribution in [0.2, 0.25) is 0 Å². The fourth-order valence-corrected chi connectivity index (χ4v) is 8.63. The summed E-state index contributed by atoms with van der Waals surface area (Å²) in [5.41, 5.74) is -1.51. The lowest BCUT2D eigenvalue weighted by atomic mass is 9.85. The molecule has 0 saturated carbocycles. The van der Waals surface area contributed by atoms with Crippen LogP contribution in [0.25, 0.3) is 0 Å². The molecule has 0 aromatic rings. The Hall–Kier alpha value is -2.52. The van der Waals surface area contributed by atoms with E-state index in [4.69, 9.17) is 4.74 Å². The predicted molar refractivity (Wildman–Crippen MR) is 184 cm³/mol. The minimum Gasteiger partial charge on any atom is -0.444 e. The summed E-state index contributed by atoms with van der Waals surface area (Å²) >= 11 is 3.41. The number of rotatable bonds is 13. The van der Waals surface area contributed by atoms with E-state index >= 15 is 0 Å². The lowest BCUT2D eigenvalue weighted by Crippen LogP contribution is -2.59. The molecule has 0 bridgehead atoms. The summed E-state index contributed by atoms with van der Waals surface area (Å²) in [6, 6.07) is -3.62. The summed E-state index contributed by atoms with van der Waals surface area (Å²) in [5.74, 6) is -1.76. The van der Waals surface area contributed by atoms with Crippen LogP contribution in [-0.4, -0.2) is 111 Å². The first kappa shape index (κ1) is 40.7. The Morgan fingerprint density at radius 3 is 2.11 bits per heavy atom. The van der Waals surface area contributed by atoms with Gasteiger partial charge in [0.2, 0.25) is 23.5 Å². The summed E-state index contributed by atoms with van der Waals surface area (Å²) in [6.07, 6.45) is 1.25. The lowest BCUT2D eigenvalue weighted by Gasteiger charge is -2.36. The maximum absolute atomic E-state index is 14.2. The van der Waals surface area contributed by atoms with Crippen molar-refractivity contribution in [2.45, 2.75) is 122 Å². The number of nitrogens with one attached hydrogen (secondary N) is 4. The van der Waals surface area contributed by atoms with Gasteiger partial charge < -0.3 is 36.0 Å². The van der Waals surface area contributed by atoms with Crippen molar-refractivity contribution in [2.24, 2.45) is 11.3 Å². The lowest BCUT2D eigenvalue weighted by molar-refractivity contribution is -0.144. The maximum Gasteiger partial charge on any atom is 0.408 e. The van der Waals surface area contributed by atoms with Crippen molar-refractivity contribution < 1.29 is 38.6 Å². The third-order valence-corrected chi connectivity index (χ3v) is 11.2. The van der Waals surface area contributed by atoms with Gasteiger partial charge in [0.05, 0.1) is 29.3 Å². The van der Waals surface area contributed by atoms with Gasteiger partial charge in [-0.05, 0) is 56.5 Å². The summed E-state index contributed by atoms with van der Waals surface area (Å²) in [6.45, 7) is 15.6. The van der Waals surface area contributed by atoms with E-state index in [9.17, 15) is 33.9 Å². The average molecular weight is 702 g/mol. The number of alkyl carbamates (subject to hydrolysis) is 1. The van der Waals surface area contributed by atoms with E-state index in [1.165, 1.54) is 4.90 Å². The van der Waals surface area contributed by atoms with Crippen LogP contribution in [-0.2, 0) is 28.7 Å². The molecule has 2 heterocycles. The zero-order valence-electron chi connectivity index (χ0n) is 29.3. The third kappa shape index (κ3) is 12.1. The van der Waals surface area contributed by atoms with Gasteiger partial charge in [-0.2, -0.15) is 0 Å². The molecule has 0 aromatic heterocycles. The second-order valence-corrected chi connectivity index (χ2v) is 17.8. The Balaban J connectivity index is 2.26. The molecule has 268 valence electrons. The largest absolute Gasteiger partial charge is 0.444 e. The molecular formula is C32H55N5O8S2. The molecule has 13 nitrogen and oxygen atoms in total. The van der Waals surface area contributed by atoms with E-state index in [0.29, 0.717) is 12.8 Å². The van der Waals surface area contributed by atoms with Crippen molar-refractivity contribution in [3.8, 4) is 0 Å². The average Bonchev–Trinajstić information content (AvgIpc) is 3.33. The van der Waals surface area contributed by atoms with Crippen LogP contribution in [0, 0.1) is 11.3 Å². The van der Waals surface area contributed by atoms with Gasteiger partial charge in [-0.25, -0.2) is 4.79 Å². The highest BCUT2D eigenvalue weighted by Gasteiger charge is 2.53. The topological polar surface area (TPSA) is 183 Å². The van der Waals surface area contributed by atoms with Crippen LogP contribution in [0.4, 0.5) is 4.79 Å². The number of carbonyl (C=O) groups is 6. The first-order valence-electron chi connectivity index (χ1n) is 16.3. The second kappa shape index (κ2) is 17.2. The van der Waals surface area contributed by atoms with Crippen molar-refractivity contribution in [2.75, 3.05) is 31.2 Å². The van der Waals surface area contributed by atoms with E-state index in [1.807, 2.05) is 41.5 Å². The van der Waals surface area contributed by atoms with Gasteiger partial charge in [-0.1, -0.05) is 48.0 Å². The maximum atomic E-state index is 14.2. The molecule has 2 saturated heterocycles. The molecule has 5 N–H and O–H groups in total. The number of nitrogens with zero attached hydrogens (tertiary/aromatic N) is 1. The first-order valence-corrected chi connectivity index (χ1v) is 18.3. The molecule has 2 aliphatic heterocycles. The smallest absolute Gasteiger partial charge is 0.408 e. The van der Waals surface area contributed by atoms with Crippen LogP contribution in [0.1, 0.15) is 88.0 Å². The van der Waals surface area contributed by atoms with Crippen LogP contribution < -0.4 is 21.3 Å². The van der Waals surface area contributed by atoms with Crippen LogP contribution in [0.15, 0.2) is 0 Å². The van der Waals surface area contributed by atoms with Gasteiger partial charge in [0.25, 0.3) is 5.91 Å². The van der Waals surface area contributed by atoms with E-state index in [-0.39, 0.29) is 25.5 Å². The Kier molecular flexibility index (Phi) is 14.9. The van der Waals surface area contributed by atoms with Crippen LogP contribution in [0.3, 0.4) is 0 Å². The Bertz CT molecular complexity index is 1150. The normalized spacial score (nSPS) is 19.8. The standard InChI is InChI=1S/C32H55N5O8S2/c1-10-12-20(24(40)27(42)33-16-23(39)34-21(17-38)19(2)3)35-26(41)22-15-32(46-13-11-14-47-32)18-37(22)28(43)25(30(4,5)6)36-29(44)45-31(7,8)9/h19-22,25,38H,10-18H2,1-9H3,(H,33,42)(H,34,39)(H,35,41)(H,36,44). The van der Waals surface area contributed by atoms with Gasteiger partial charge in [0, 0.05) is 13.0 Å². The predicted octanol–water partition coefficient (Wildman–Crippen LogP) is 2.20. The number of likely N-dealkylation sites (tertiary alicyclic amines) is 1. The number of Topliss-reactive ketones (excluding diaryl/α,β-unsaturated/α-hetero) is 1. The summed E-state index contributed by atoms with van der Waals surface area (Å²) in [7, 11) is 0. The number of hydrogen-bond donors (Lipinski definition) is 5. The van der Waals surface area contributed by atoms with E-state index in [0.717, 1.165) is 17.9 Å². The summed E-state index contributed by atoms with van der Waals surface area (Å²) in [4.78, 5) is 80.8. The molecule has 0 aromatic carbocycles. The molecule has 2 fully saturated rings. The van der Waals surface area contributed by atoms with Gasteiger partial charge in [-0.15, -0.1) is 23.5 Å². The zero-order chi connectivity index (χ0) is 35.7. The molecule has 2 rings (SSSR count). The molecule has 4 unspecified atom stereocenters. The molecule has 1 spiro atoms. The van der Waals surface area contributed by atoms with Crippen molar-refractivity contribution in [1.82, 2.24) is 26.2 Å². The van der Waals surface area contributed by atoms with Crippen LogP contribution >= 0.6 is 23.5 Å². The Morgan fingerprint density at radius 1 is 0.979 bits per heavy atom. The Labute approximate surface area is 287 Å². The number of hydrogen-bond acceptors (Lipinski definition) is 10. The van der Waals surface area contributed by atoms with Gasteiger partial charge in [0.15, 0.2) is 0 Å². The number of thioether (sulfide) groups is 2. The number of ketones is 1. The van der Waals surface area contributed by atoms with E-state index in [2.05, 4.69) is 21.3 Å². The number of aliphatic hydroxyl groups excluding tert-OH is 1. The molecule has 5 amide bonds. The van der Waals surface area contributed by atoms with Gasteiger partial charge >= 0.3 is 6.09 Å². The van der Waals surface area contributed by atoms with Crippen molar-refractivity contribution in [1.29, 1.82) is 0 Å². The highest BCUT2D eigenvalue weighted by Crippen LogP contribution is 2.50. The molecule has 4 atom stereocenters. The molecule has 0 radical (unpaired) electrons. The monoisotopic (exact) mass is 701 g/mol. The third-order valence-electron chi connectivity index (χ3n) is 7.86. The second-order valence-electron chi connectivity index (χ2n) is 14.6. The van der Waals surface area contributed by atoms with Crippen molar-refractivity contribution in [3.05, 3.63) is 0 Å². The highest BCUT2D eigenvalue weighted by molar-refractivity contribution is 8.18. The first-order chi connectivity index (χ1) is 21.7. The quantitative estimate of drug-likeness (QED) is 0.179. The van der Waals surface area contributed by atoms with Gasteiger partial charge in [-0.3, -0.25) is 24.0 Å². The Morgan fingerprint density at radius 2 is 1.60 bits per heavy atom. The molecule has 47 heavy (non-hydrogen) atoms. The van der Waals surface area contributed by atoms with Gasteiger partial charge in [0.1, 0.15) is 17.7 Å². The van der Waals surface area contributed by atoms with Crippen LogP contribution in [0.5, 0.6) is 0 Å². The SMILES string of the molecule is CCCC(NC(=O)C1CC2(CN1C(=O)C(NC(=O)OC(C)(C)C)C(C)(C)C)SCCCS2)C(=O)C(=O)NCC(=O)NC(CO)C(C)C. The zero-order valence-corrected chi connectivity index (χ0v) is 31.0. The van der Waals surface area contributed by atoms with Crippen molar-refractivity contribution in [3.63, 3.8) is 0 Å². The highest BCUT2D eigenvalue weighted by atomic mass is 32.2. The molecular weight excluding hydrogens is 647 g/mol. The molecule has 0 aliphatic carbocycles.